The summed E-state index contributed by atoms with van der Waals surface area (Å²) >= 11 is 6.75. The van der Waals surface area contributed by atoms with Crippen molar-refractivity contribution in [1.29, 1.82) is 0 Å². The van der Waals surface area contributed by atoms with Crippen LogP contribution in [0.3, 0.4) is 0 Å². The summed E-state index contributed by atoms with van der Waals surface area (Å²) in [5, 5.41) is 9.94. The molecule has 1 aliphatic heterocycles. The summed E-state index contributed by atoms with van der Waals surface area (Å²) in [5.41, 5.74) is 0.795. The molecule has 1 N–H and O–H groups in total. The second-order valence-electron chi connectivity index (χ2n) is 3.35. The molecule has 0 fully saturated rings. The summed E-state index contributed by atoms with van der Waals surface area (Å²) in [6, 6.07) is 3.62. The first-order valence-corrected chi connectivity index (χ1v) is 6.21. The van der Waals surface area contributed by atoms with Gasteiger partial charge in [0.25, 0.3) is 0 Å². The molecule has 2 rings (SSSR count). The lowest BCUT2D eigenvalue weighted by Crippen LogP contribution is -2.08. The van der Waals surface area contributed by atoms with Crippen molar-refractivity contribution in [1.82, 2.24) is 0 Å². The summed E-state index contributed by atoms with van der Waals surface area (Å²) in [6.45, 7) is 2.13. The van der Waals surface area contributed by atoms with Gasteiger partial charge in [0, 0.05) is 9.30 Å². The molecule has 1 aromatic rings. The van der Waals surface area contributed by atoms with E-state index in [0.717, 1.165) is 10.0 Å². The zero-order valence-corrected chi connectivity index (χ0v) is 11.2. The van der Waals surface area contributed by atoms with E-state index in [4.69, 9.17) is 9.47 Å². The maximum absolute atomic E-state index is 9.94. The Morgan fingerprint density at radius 3 is 2.53 bits per heavy atom. The van der Waals surface area contributed by atoms with Gasteiger partial charge >= 0.3 is 0 Å². The first kappa shape index (κ1) is 11.2. The van der Waals surface area contributed by atoms with Gasteiger partial charge in [-0.15, -0.1) is 0 Å². The third kappa shape index (κ3) is 2.14. The molecule has 15 heavy (non-hydrogen) atoms. The molecule has 5 heteroatoms. The molecule has 0 saturated carbocycles. The fourth-order valence-corrected chi connectivity index (χ4v) is 2.25. The van der Waals surface area contributed by atoms with Crippen LogP contribution in [0.15, 0.2) is 16.6 Å². The smallest absolute Gasteiger partial charge is 0.231 e. The van der Waals surface area contributed by atoms with E-state index in [0.29, 0.717) is 11.5 Å². The average Bonchev–Trinajstić information content (AvgIpc) is 2.62. The van der Waals surface area contributed by atoms with E-state index in [1.54, 1.807) is 6.07 Å². The minimum absolute atomic E-state index is 0.0193. The van der Waals surface area contributed by atoms with Gasteiger partial charge in [-0.25, -0.2) is 0 Å². The molecule has 1 aromatic carbocycles. The summed E-state index contributed by atoms with van der Waals surface area (Å²) in [7, 11) is 0. The fourth-order valence-electron chi connectivity index (χ4n) is 1.41. The summed E-state index contributed by atoms with van der Waals surface area (Å²) in [4.78, 5) is -0.0193. The predicted octanol–water partition coefficient (Wildman–Crippen LogP) is 2.99. The molecule has 1 heterocycles. The maximum atomic E-state index is 9.94. The zero-order valence-electron chi connectivity index (χ0n) is 8.04. The first-order valence-electron chi connectivity index (χ1n) is 4.51. The molecular formula is C10H10Br2O3. The van der Waals surface area contributed by atoms with E-state index >= 15 is 0 Å². The minimum Gasteiger partial charge on any atom is -0.454 e. The molecule has 0 aliphatic carbocycles. The first-order chi connectivity index (χ1) is 7.09. The molecule has 0 saturated heterocycles. The Morgan fingerprint density at radius 2 is 1.93 bits per heavy atom. The molecule has 1 aliphatic rings. The Labute approximate surface area is 105 Å². The van der Waals surface area contributed by atoms with Crippen LogP contribution >= 0.6 is 31.9 Å². The van der Waals surface area contributed by atoms with Crippen molar-refractivity contribution in [3.63, 3.8) is 0 Å². The highest BCUT2D eigenvalue weighted by Gasteiger charge is 2.22. The highest BCUT2D eigenvalue weighted by molar-refractivity contribution is 9.10. The quantitative estimate of drug-likeness (QED) is 0.843. The van der Waals surface area contributed by atoms with Crippen molar-refractivity contribution >= 4 is 31.9 Å². The number of halogens is 2. The molecule has 3 nitrogen and oxygen atoms in total. The number of hydrogen-bond donors (Lipinski definition) is 1. The van der Waals surface area contributed by atoms with Gasteiger partial charge in [-0.3, -0.25) is 0 Å². The van der Waals surface area contributed by atoms with Gasteiger partial charge in [0.2, 0.25) is 6.79 Å². The highest BCUT2D eigenvalue weighted by Crippen LogP contribution is 2.40. The standard InChI is InChI=1S/C10H10Br2O3/c1-5(11)10(13)6-2-8-9(3-7(6)12)15-4-14-8/h2-3,5,10,13H,4H2,1H3/t5-,10+/m1/s1. The van der Waals surface area contributed by atoms with Gasteiger partial charge in [-0.1, -0.05) is 31.9 Å². The summed E-state index contributed by atoms with van der Waals surface area (Å²) < 4.78 is 11.3. The summed E-state index contributed by atoms with van der Waals surface area (Å²) in [5.74, 6) is 1.39. The molecule has 2 atom stereocenters. The lowest BCUT2D eigenvalue weighted by molar-refractivity contribution is 0.172. The van der Waals surface area contributed by atoms with Gasteiger partial charge < -0.3 is 14.6 Å². The predicted molar refractivity (Wildman–Crippen MR) is 63.6 cm³/mol. The van der Waals surface area contributed by atoms with Crippen molar-refractivity contribution < 1.29 is 14.6 Å². The van der Waals surface area contributed by atoms with Crippen LogP contribution in [-0.4, -0.2) is 16.7 Å². The van der Waals surface area contributed by atoms with Gasteiger partial charge in [-0.2, -0.15) is 0 Å². The third-order valence-corrected chi connectivity index (χ3v) is 3.43. The number of fused-ring (bicyclic) bond motifs is 1. The third-order valence-electron chi connectivity index (χ3n) is 2.25. The molecule has 0 bridgehead atoms. The van der Waals surface area contributed by atoms with Crippen LogP contribution in [0.4, 0.5) is 0 Å². The molecule has 0 spiro atoms. The lowest BCUT2D eigenvalue weighted by atomic mass is 10.1. The average molecular weight is 338 g/mol. The fraction of sp³-hybridized carbons (Fsp3) is 0.400. The minimum atomic E-state index is -0.575. The van der Waals surface area contributed by atoms with Gasteiger partial charge in [0.1, 0.15) is 0 Å². The van der Waals surface area contributed by atoms with Crippen LogP contribution in [0.5, 0.6) is 11.5 Å². The SMILES string of the molecule is C[C@@H](Br)[C@H](O)c1cc2c(cc1Br)OCO2. The highest BCUT2D eigenvalue weighted by atomic mass is 79.9. The van der Waals surface area contributed by atoms with Gasteiger partial charge in [-0.05, 0) is 24.6 Å². The van der Waals surface area contributed by atoms with Crippen molar-refractivity contribution in [2.45, 2.75) is 17.9 Å². The second kappa shape index (κ2) is 4.31. The zero-order chi connectivity index (χ0) is 11.0. The Kier molecular flexibility index (Phi) is 3.23. The monoisotopic (exact) mass is 336 g/mol. The number of alkyl halides is 1. The molecule has 0 amide bonds. The lowest BCUT2D eigenvalue weighted by Gasteiger charge is -2.15. The van der Waals surface area contributed by atoms with Crippen LogP contribution in [0.1, 0.15) is 18.6 Å². The van der Waals surface area contributed by atoms with Crippen molar-refractivity contribution in [3.8, 4) is 11.5 Å². The Balaban J connectivity index is 2.40. The van der Waals surface area contributed by atoms with E-state index in [-0.39, 0.29) is 11.6 Å². The molecule has 0 radical (unpaired) electrons. The molecule has 0 unspecified atom stereocenters. The van der Waals surface area contributed by atoms with Crippen molar-refractivity contribution in [2.24, 2.45) is 0 Å². The van der Waals surface area contributed by atoms with Gasteiger partial charge in [0.15, 0.2) is 11.5 Å². The van der Waals surface area contributed by atoms with E-state index in [1.807, 2.05) is 13.0 Å². The van der Waals surface area contributed by atoms with E-state index in [9.17, 15) is 5.11 Å². The second-order valence-corrected chi connectivity index (χ2v) is 5.65. The van der Waals surface area contributed by atoms with Crippen molar-refractivity contribution in [3.05, 3.63) is 22.2 Å². The van der Waals surface area contributed by atoms with Crippen LogP contribution in [0.2, 0.25) is 0 Å². The Bertz CT molecular complexity index is 379. The maximum Gasteiger partial charge on any atom is 0.231 e. The Hall–Kier alpha value is -0.260. The Morgan fingerprint density at radius 1 is 1.33 bits per heavy atom. The number of aliphatic hydroxyl groups excluding tert-OH is 1. The van der Waals surface area contributed by atoms with Crippen LogP contribution in [-0.2, 0) is 0 Å². The topological polar surface area (TPSA) is 38.7 Å². The number of aliphatic hydroxyl groups is 1. The molecule has 0 aromatic heterocycles. The summed E-state index contributed by atoms with van der Waals surface area (Å²) in [6.07, 6.45) is -0.575. The number of benzene rings is 1. The largest absolute Gasteiger partial charge is 0.454 e. The van der Waals surface area contributed by atoms with Crippen LogP contribution in [0.25, 0.3) is 0 Å². The van der Waals surface area contributed by atoms with E-state index in [1.165, 1.54) is 0 Å². The number of ether oxygens (including phenoxy) is 2. The van der Waals surface area contributed by atoms with E-state index in [2.05, 4.69) is 31.9 Å². The number of hydrogen-bond acceptors (Lipinski definition) is 3. The van der Waals surface area contributed by atoms with E-state index < -0.39 is 6.10 Å². The van der Waals surface area contributed by atoms with Crippen LogP contribution < -0.4 is 9.47 Å². The molecular weight excluding hydrogens is 328 g/mol. The van der Waals surface area contributed by atoms with Crippen molar-refractivity contribution in [2.75, 3.05) is 6.79 Å². The molecule has 82 valence electrons. The van der Waals surface area contributed by atoms with Gasteiger partial charge in [0.05, 0.1) is 6.10 Å². The van der Waals surface area contributed by atoms with Crippen LogP contribution in [0, 0.1) is 0 Å². The normalized spacial score (nSPS) is 17.6. The number of rotatable bonds is 2.